The van der Waals surface area contributed by atoms with E-state index in [1.807, 2.05) is 18.2 Å². The number of hydrogen-bond donors (Lipinski definition) is 1. The number of fused-ring (bicyclic) bond motifs is 1. The van der Waals surface area contributed by atoms with E-state index in [9.17, 15) is 0 Å². The molecule has 0 saturated carbocycles. The van der Waals surface area contributed by atoms with Crippen LogP contribution in [-0.4, -0.2) is 4.98 Å². The number of benzene rings is 1. The van der Waals surface area contributed by atoms with Gasteiger partial charge in [-0.25, -0.2) is 0 Å². The smallest absolute Gasteiger partial charge is 0.145 e. The molecule has 0 aliphatic heterocycles. The van der Waals surface area contributed by atoms with Gasteiger partial charge in [-0.1, -0.05) is 6.07 Å². The summed E-state index contributed by atoms with van der Waals surface area (Å²) < 4.78 is 5.80. The third kappa shape index (κ3) is 2.22. The molecule has 0 unspecified atom stereocenters. The van der Waals surface area contributed by atoms with Crippen molar-refractivity contribution in [1.29, 1.82) is 0 Å². The summed E-state index contributed by atoms with van der Waals surface area (Å²) >= 11 is 0. The molecule has 92 valence electrons. The van der Waals surface area contributed by atoms with Gasteiger partial charge in [0.2, 0.25) is 0 Å². The molecular formula is C15H16N2O. The molecule has 3 rings (SSSR count). The van der Waals surface area contributed by atoms with Gasteiger partial charge in [0.05, 0.1) is 11.9 Å². The first kappa shape index (κ1) is 11.2. The second-order valence-electron chi connectivity index (χ2n) is 4.58. The Labute approximate surface area is 107 Å². The van der Waals surface area contributed by atoms with E-state index in [1.165, 1.54) is 24.0 Å². The summed E-state index contributed by atoms with van der Waals surface area (Å²) in [6.45, 7) is 0.457. The highest BCUT2D eigenvalue weighted by Gasteiger charge is 2.11. The third-order valence-electron chi connectivity index (χ3n) is 3.31. The third-order valence-corrected chi connectivity index (χ3v) is 3.31. The second-order valence-corrected chi connectivity index (χ2v) is 4.58. The van der Waals surface area contributed by atoms with Gasteiger partial charge in [0.15, 0.2) is 0 Å². The quantitative estimate of drug-likeness (QED) is 0.897. The monoisotopic (exact) mass is 240 g/mol. The molecule has 1 aliphatic carbocycles. The van der Waals surface area contributed by atoms with Crippen LogP contribution in [0, 0.1) is 0 Å². The summed E-state index contributed by atoms with van der Waals surface area (Å²) in [6.07, 6.45) is 5.33. The van der Waals surface area contributed by atoms with Gasteiger partial charge in [0.25, 0.3) is 0 Å². The van der Waals surface area contributed by atoms with E-state index in [0.29, 0.717) is 6.54 Å². The molecule has 1 aromatic heterocycles. The molecule has 0 bridgehead atoms. The number of nitrogens with two attached hydrogens (primary N) is 1. The van der Waals surface area contributed by atoms with Crippen LogP contribution in [0.3, 0.4) is 0 Å². The molecule has 3 nitrogen and oxygen atoms in total. The SMILES string of the molecule is NCc1ccc(Oc2ccc3c(c2)CCC3)cn1. The van der Waals surface area contributed by atoms with E-state index in [0.717, 1.165) is 23.6 Å². The van der Waals surface area contributed by atoms with Crippen molar-refractivity contribution in [2.24, 2.45) is 5.73 Å². The fourth-order valence-corrected chi connectivity index (χ4v) is 2.34. The predicted octanol–water partition coefficient (Wildman–Crippen LogP) is 2.82. The normalized spacial score (nSPS) is 13.4. The minimum absolute atomic E-state index is 0.457. The van der Waals surface area contributed by atoms with E-state index in [2.05, 4.69) is 17.1 Å². The Morgan fingerprint density at radius 1 is 1.06 bits per heavy atom. The number of aryl methyl sites for hydroxylation is 2. The summed E-state index contributed by atoms with van der Waals surface area (Å²) in [7, 11) is 0. The van der Waals surface area contributed by atoms with Gasteiger partial charge in [-0.15, -0.1) is 0 Å². The molecule has 0 fully saturated rings. The van der Waals surface area contributed by atoms with Crippen molar-refractivity contribution in [3.63, 3.8) is 0 Å². The average molecular weight is 240 g/mol. The number of aromatic nitrogens is 1. The molecule has 18 heavy (non-hydrogen) atoms. The molecule has 1 aromatic carbocycles. The molecule has 2 aromatic rings. The lowest BCUT2D eigenvalue weighted by molar-refractivity contribution is 0.479. The van der Waals surface area contributed by atoms with Crippen molar-refractivity contribution >= 4 is 0 Å². The number of ether oxygens (including phenoxy) is 1. The van der Waals surface area contributed by atoms with Gasteiger partial charge in [-0.3, -0.25) is 4.98 Å². The molecule has 0 amide bonds. The molecular weight excluding hydrogens is 224 g/mol. The Morgan fingerprint density at radius 3 is 2.67 bits per heavy atom. The molecule has 1 aliphatic rings. The van der Waals surface area contributed by atoms with Gasteiger partial charge in [-0.2, -0.15) is 0 Å². The summed E-state index contributed by atoms with van der Waals surface area (Å²) in [6, 6.07) is 10.1. The summed E-state index contributed by atoms with van der Waals surface area (Å²) in [5, 5.41) is 0. The largest absolute Gasteiger partial charge is 0.456 e. The van der Waals surface area contributed by atoms with Gasteiger partial charge in [0, 0.05) is 6.54 Å². The van der Waals surface area contributed by atoms with E-state index in [1.54, 1.807) is 6.20 Å². The van der Waals surface area contributed by atoms with Crippen LogP contribution in [0.4, 0.5) is 0 Å². The number of rotatable bonds is 3. The van der Waals surface area contributed by atoms with Crippen LogP contribution in [0.5, 0.6) is 11.5 Å². The van der Waals surface area contributed by atoms with E-state index < -0.39 is 0 Å². The van der Waals surface area contributed by atoms with Gasteiger partial charge >= 0.3 is 0 Å². The maximum Gasteiger partial charge on any atom is 0.145 e. The molecule has 0 saturated heterocycles. The first-order valence-electron chi connectivity index (χ1n) is 6.30. The van der Waals surface area contributed by atoms with Gasteiger partial charge < -0.3 is 10.5 Å². The molecule has 0 radical (unpaired) electrons. The average Bonchev–Trinajstić information content (AvgIpc) is 2.87. The fourth-order valence-electron chi connectivity index (χ4n) is 2.34. The van der Waals surface area contributed by atoms with E-state index in [-0.39, 0.29) is 0 Å². The van der Waals surface area contributed by atoms with Gasteiger partial charge in [-0.05, 0) is 54.7 Å². The van der Waals surface area contributed by atoms with Crippen LogP contribution in [0.1, 0.15) is 23.2 Å². The molecule has 2 N–H and O–H groups in total. The number of pyridine rings is 1. The van der Waals surface area contributed by atoms with Crippen molar-refractivity contribution in [2.45, 2.75) is 25.8 Å². The fraction of sp³-hybridized carbons (Fsp3) is 0.267. The first-order chi connectivity index (χ1) is 8.85. The second kappa shape index (κ2) is 4.78. The lowest BCUT2D eigenvalue weighted by atomic mass is 10.1. The summed E-state index contributed by atoms with van der Waals surface area (Å²) in [4.78, 5) is 4.22. The first-order valence-corrected chi connectivity index (χ1v) is 6.30. The Kier molecular flexibility index (Phi) is 2.99. The van der Waals surface area contributed by atoms with E-state index in [4.69, 9.17) is 10.5 Å². The molecule has 0 spiro atoms. The maximum atomic E-state index is 5.80. The number of hydrogen-bond acceptors (Lipinski definition) is 3. The highest BCUT2D eigenvalue weighted by Crippen LogP contribution is 2.28. The minimum Gasteiger partial charge on any atom is -0.456 e. The molecule has 1 heterocycles. The Morgan fingerprint density at radius 2 is 1.89 bits per heavy atom. The van der Waals surface area contributed by atoms with E-state index >= 15 is 0 Å². The Hall–Kier alpha value is -1.87. The predicted molar refractivity (Wildman–Crippen MR) is 70.7 cm³/mol. The standard InChI is InChI=1S/C15H16N2O/c16-9-13-5-7-15(10-17-13)18-14-6-4-11-2-1-3-12(11)8-14/h4-8,10H,1-3,9,16H2. The van der Waals surface area contributed by atoms with Crippen LogP contribution in [-0.2, 0) is 19.4 Å². The molecule has 3 heteroatoms. The zero-order valence-corrected chi connectivity index (χ0v) is 10.2. The van der Waals surface area contributed by atoms with Crippen molar-refractivity contribution in [3.05, 3.63) is 53.3 Å². The highest BCUT2D eigenvalue weighted by molar-refractivity contribution is 5.40. The van der Waals surface area contributed by atoms with Gasteiger partial charge in [0.1, 0.15) is 11.5 Å². The summed E-state index contributed by atoms with van der Waals surface area (Å²) in [5.74, 6) is 1.64. The lowest BCUT2D eigenvalue weighted by Crippen LogP contribution is -1.98. The number of nitrogens with zero attached hydrogens (tertiary/aromatic N) is 1. The van der Waals surface area contributed by atoms with Crippen molar-refractivity contribution in [1.82, 2.24) is 4.98 Å². The molecule has 0 atom stereocenters. The van der Waals surface area contributed by atoms with Crippen LogP contribution in [0.15, 0.2) is 36.5 Å². The van der Waals surface area contributed by atoms with Crippen LogP contribution in [0.2, 0.25) is 0 Å². The van der Waals surface area contributed by atoms with Crippen molar-refractivity contribution in [2.75, 3.05) is 0 Å². The van der Waals surface area contributed by atoms with Crippen LogP contribution in [0.25, 0.3) is 0 Å². The zero-order valence-electron chi connectivity index (χ0n) is 10.2. The van der Waals surface area contributed by atoms with Crippen molar-refractivity contribution < 1.29 is 4.74 Å². The van der Waals surface area contributed by atoms with Crippen LogP contribution < -0.4 is 10.5 Å². The summed E-state index contributed by atoms with van der Waals surface area (Å²) in [5.41, 5.74) is 9.26. The van der Waals surface area contributed by atoms with Crippen LogP contribution >= 0.6 is 0 Å². The van der Waals surface area contributed by atoms with Crippen molar-refractivity contribution in [3.8, 4) is 11.5 Å². The highest BCUT2D eigenvalue weighted by atomic mass is 16.5. The Balaban J connectivity index is 1.79. The topological polar surface area (TPSA) is 48.1 Å². The minimum atomic E-state index is 0.457. The maximum absolute atomic E-state index is 5.80. The zero-order chi connectivity index (χ0) is 12.4. The Bertz CT molecular complexity index is 549. The lowest BCUT2D eigenvalue weighted by Gasteiger charge is -2.07.